The van der Waals surface area contributed by atoms with Gasteiger partial charge in [0.15, 0.2) is 0 Å². The lowest BCUT2D eigenvalue weighted by Crippen LogP contribution is -2.20. The van der Waals surface area contributed by atoms with Gasteiger partial charge in [0.05, 0.1) is 13.2 Å². The Morgan fingerprint density at radius 2 is 2.18 bits per heavy atom. The van der Waals surface area contributed by atoms with Gasteiger partial charge >= 0.3 is 0 Å². The molecule has 1 unspecified atom stereocenters. The molecule has 0 heterocycles. The van der Waals surface area contributed by atoms with Crippen molar-refractivity contribution in [2.45, 2.75) is 18.9 Å². The summed E-state index contributed by atoms with van der Waals surface area (Å²) >= 11 is 6.02. The molecule has 0 bridgehead atoms. The second-order valence-electron chi connectivity index (χ2n) is 4.06. The van der Waals surface area contributed by atoms with Gasteiger partial charge in [-0.25, -0.2) is 0 Å². The van der Waals surface area contributed by atoms with Crippen LogP contribution in [0, 0.1) is 11.3 Å². The summed E-state index contributed by atoms with van der Waals surface area (Å²) in [7, 11) is 5.62. The molecule has 0 aliphatic carbocycles. The first kappa shape index (κ1) is 13.8. The minimum Gasteiger partial charge on any atom is -0.496 e. The highest BCUT2D eigenvalue weighted by atomic mass is 35.5. The van der Waals surface area contributed by atoms with E-state index in [0.29, 0.717) is 11.4 Å². The van der Waals surface area contributed by atoms with Gasteiger partial charge in [0, 0.05) is 23.0 Å². The van der Waals surface area contributed by atoms with Gasteiger partial charge in [-0.3, -0.25) is 0 Å². The molecule has 0 aliphatic rings. The minimum absolute atomic E-state index is 0.142. The molecule has 0 saturated carbocycles. The molecular formula is C13H17ClN2O. The molecule has 0 fully saturated rings. The van der Waals surface area contributed by atoms with Gasteiger partial charge < -0.3 is 9.64 Å². The SMILES string of the molecule is COc1ccc(Cl)cc1C(CCC#N)N(C)C. The Morgan fingerprint density at radius 3 is 2.71 bits per heavy atom. The normalized spacial score (nSPS) is 12.2. The molecule has 17 heavy (non-hydrogen) atoms. The first-order valence-corrected chi connectivity index (χ1v) is 5.84. The van der Waals surface area contributed by atoms with Crippen molar-refractivity contribution in [2.75, 3.05) is 21.2 Å². The van der Waals surface area contributed by atoms with Crippen molar-refractivity contribution in [1.29, 1.82) is 5.26 Å². The van der Waals surface area contributed by atoms with Crippen LogP contribution in [-0.4, -0.2) is 26.1 Å². The van der Waals surface area contributed by atoms with Crippen molar-refractivity contribution in [1.82, 2.24) is 4.90 Å². The van der Waals surface area contributed by atoms with Crippen LogP contribution in [0.1, 0.15) is 24.4 Å². The second kappa shape index (κ2) is 6.48. The first-order valence-electron chi connectivity index (χ1n) is 5.47. The average Bonchev–Trinajstić information content (AvgIpc) is 2.29. The fraction of sp³-hybridized carbons (Fsp3) is 0.462. The van der Waals surface area contributed by atoms with Crippen molar-refractivity contribution in [3.8, 4) is 11.8 Å². The molecule has 0 amide bonds. The summed E-state index contributed by atoms with van der Waals surface area (Å²) in [6.45, 7) is 0. The Labute approximate surface area is 108 Å². The van der Waals surface area contributed by atoms with Crippen LogP contribution in [0.25, 0.3) is 0 Å². The third-order valence-electron chi connectivity index (χ3n) is 2.70. The fourth-order valence-electron chi connectivity index (χ4n) is 1.86. The molecule has 0 aliphatic heterocycles. The largest absolute Gasteiger partial charge is 0.496 e. The lowest BCUT2D eigenvalue weighted by Gasteiger charge is -2.25. The topological polar surface area (TPSA) is 36.3 Å². The minimum atomic E-state index is 0.142. The lowest BCUT2D eigenvalue weighted by molar-refractivity contribution is 0.276. The number of ether oxygens (including phenoxy) is 1. The van der Waals surface area contributed by atoms with E-state index in [4.69, 9.17) is 21.6 Å². The third kappa shape index (κ3) is 3.62. The van der Waals surface area contributed by atoms with Gasteiger partial charge in [0.25, 0.3) is 0 Å². The van der Waals surface area contributed by atoms with Crippen LogP contribution in [0.15, 0.2) is 18.2 Å². The number of nitriles is 1. The van der Waals surface area contributed by atoms with Crippen molar-refractivity contribution >= 4 is 11.6 Å². The van der Waals surface area contributed by atoms with E-state index in [9.17, 15) is 0 Å². The number of hydrogen-bond acceptors (Lipinski definition) is 3. The average molecular weight is 253 g/mol. The standard InChI is InChI=1S/C13H17ClN2O/c1-16(2)12(5-4-8-15)11-9-10(14)6-7-13(11)17-3/h6-7,9,12H,4-5H2,1-3H3. The third-order valence-corrected chi connectivity index (χ3v) is 2.94. The van der Waals surface area contributed by atoms with Gasteiger partial charge in [0.1, 0.15) is 5.75 Å². The van der Waals surface area contributed by atoms with E-state index in [0.717, 1.165) is 17.7 Å². The molecule has 0 spiro atoms. The Bertz CT molecular complexity index is 412. The molecule has 92 valence electrons. The number of benzene rings is 1. The van der Waals surface area contributed by atoms with Crippen LogP contribution in [-0.2, 0) is 0 Å². The zero-order chi connectivity index (χ0) is 12.8. The van der Waals surface area contributed by atoms with Crippen LogP contribution in [0.5, 0.6) is 5.75 Å². The van der Waals surface area contributed by atoms with Crippen LogP contribution in [0.2, 0.25) is 5.02 Å². The quantitative estimate of drug-likeness (QED) is 0.807. The van der Waals surface area contributed by atoms with Crippen LogP contribution in [0.3, 0.4) is 0 Å². The van der Waals surface area contributed by atoms with Crippen molar-refractivity contribution in [2.24, 2.45) is 0 Å². The number of halogens is 1. The summed E-state index contributed by atoms with van der Waals surface area (Å²) in [5.74, 6) is 0.811. The summed E-state index contributed by atoms with van der Waals surface area (Å²) in [6.07, 6.45) is 1.28. The number of nitrogens with zero attached hydrogens (tertiary/aromatic N) is 2. The molecule has 0 radical (unpaired) electrons. The summed E-state index contributed by atoms with van der Waals surface area (Å²) in [4.78, 5) is 2.07. The molecule has 1 atom stereocenters. The maximum Gasteiger partial charge on any atom is 0.123 e. The van der Waals surface area contributed by atoms with Crippen molar-refractivity contribution in [3.05, 3.63) is 28.8 Å². The predicted octanol–water partition coefficient (Wildman–Crippen LogP) is 3.26. The fourth-order valence-corrected chi connectivity index (χ4v) is 2.04. The highest BCUT2D eigenvalue weighted by molar-refractivity contribution is 6.30. The van der Waals surface area contributed by atoms with E-state index >= 15 is 0 Å². The van der Waals surface area contributed by atoms with Gasteiger partial charge in [-0.05, 0) is 38.7 Å². The zero-order valence-electron chi connectivity index (χ0n) is 10.4. The van der Waals surface area contributed by atoms with Crippen LogP contribution >= 0.6 is 11.6 Å². The van der Waals surface area contributed by atoms with Gasteiger partial charge in [0.2, 0.25) is 0 Å². The second-order valence-corrected chi connectivity index (χ2v) is 4.50. The smallest absolute Gasteiger partial charge is 0.123 e. The molecule has 0 saturated heterocycles. The zero-order valence-corrected chi connectivity index (χ0v) is 11.2. The van der Waals surface area contributed by atoms with Gasteiger partial charge in [-0.15, -0.1) is 0 Å². The molecule has 0 aromatic heterocycles. The van der Waals surface area contributed by atoms with E-state index in [1.54, 1.807) is 13.2 Å². The maximum atomic E-state index is 8.70. The highest BCUT2D eigenvalue weighted by Crippen LogP contribution is 2.33. The molecule has 4 heteroatoms. The summed E-state index contributed by atoms with van der Waals surface area (Å²) in [5, 5.41) is 9.38. The Morgan fingerprint density at radius 1 is 1.47 bits per heavy atom. The van der Waals surface area contributed by atoms with Crippen molar-refractivity contribution < 1.29 is 4.74 Å². The first-order chi connectivity index (χ1) is 8.10. The molecular weight excluding hydrogens is 236 g/mol. The maximum absolute atomic E-state index is 8.70. The Hall–Kier alpha value is -1.24. The molecule has 3 nitrogen and oxygen atoms in total. The summed E-state index contributed by atoms with van der Waals surface area (Å²) < 4.78 is 5.34. The number of methoxy groups -OCH3 is 1. The van der Waals surface area contributed by atoms with Gasteiger partial charge in [-0.1, -0.05) is 11.6 Å². The number of hydrogen-bond donors (Lipinski definition) is 0. The van der Waals surface area contributed by atoms with Crippen LogP contribution < -0.4 is 4.74 Å². The van der Waals surface area contributed by atoms with E-state index in [2.05, 4.69) is 11.0 Å². The molecule has 0 N–H and O–H groups in total. The summed E-state index contributed by atoms with van der Waals surface area (Å²) in [6, 6.07) is 7.89. The van der Waals surface area contributed by atoms with E-state index in [-0.39, 0.29) is 6.04 Å². The Balaban J connectivity index is 3.08. The van der Waals surface area contributed by atoms with E-state index in [1.165, 1.54) is 0 Å². The molecule has 1 aromatic carbocycles. The predicted molar refractivity (Wildman–Crippen MR) is 69.3 cm³/mol. The molecule has 1 rings (SSSR count). The van der Waals surface area contributed by atoms with Crippen molar-refractivity contribution in [3.63, 3.8) is 0 Å². The molecule has 1 aromatic rings. The van der Waals surface area contributed by atoms with Crippen LogP contribution in [0.4, 0.5) is 0 Å². The lowest BCUT2D eigenvalue weighted by atomic mass is 10.0. The summed E-state index contributed by atoms with van der Waals surface area (Å²) in [5.41, 5.74) is 1.03. The Kier molecular flexibility index (Phi) is 5.27. The van der Waals surface area contributed by atoms with Gasteiger partial charge in [-0.2, -0.15) is 5.26 Å². The van der Waals surface area contributed by atoms with E-state index in [1.807, 2.05) is 26.2 Å². The van der Waals surface area contributed by atoms with E-state index < -0.39 is 0 Å². The monoisotopic (exact) mass is 252 g/mol. The highest BCUT2D eigenvalue weighted by Gasteiger charge is 2.18. The number of rotatable bonds is 5.